The molecule has 0 N–H and O–H groups in total. The molecule has 1 rings (SSSR count). The summed E-state index contributed by atoms with van der Waals surface area (Å²) in [5.74, 6) is 1.40. The molecule has 0 aromatic carbocycles. The van der Waals surface area contributed by atoms with E-state index in [9.17, 15) is 4.79 Å². The van der Waals surface area contributed by atoms with E-state index in [0.717, 1.165) is 0 Å². The number of nitrogens with zero attached hydrogens (tertiary/aromatic N) is 4. The molecule has 5 nitrogen and oxygen atoms in total. The van der Waals surface area contributed by atoms with Crippen molar-refractivity contribution < 1.29 is 4.79 Å². The van der Waals surface area contributed by atoms with Gasteiger partial charge in [0, 0.05) is 13.1 Å². The van der Waals surface area contributed by atoms with Crippen molar-refractivity contribution in [1.29, 1.82) is 5.26 Å². The molecule has 1 heterocycles. The van der Waals surface area contributed by atoms with Crippen LogP contribution in [0.1, 0.15) is 36.5 Å². The second kappa shape index (κ2) is 7.05. The van der Waals surface area contributed by atoms with Crippen molar-refractivity contribution in [1.82, 2.24) is 9.97 Å². The molecule has 0 aliphatic heterocycles. The summed E-state index contributed by atoms with van der Waals surface area (Å²) >= 11 is 5.98. The molecule has 102 valence electrons. The molecular weight excluding hydrogens is 264 g/mol. The van der Waals surface area contributed by atoms with Crippen LogP contribution in [-0.2, 0) is 0 Å². The number of hydrogen-bond acceptors (Lipinski definition) is 5. The van der Waals surface area contributed by atoms with Gasteiger partial charge < -0.3 is 4.90 Å². The number of carbonyl (C=O) groups excluding carboxylic acids is 1. The topological polar surface area (TPSA) is 69.9 Å². The summed E-state index contributed by atoms with van der Waals surface area (Å²) in [5, 5.41) is 8.88. The number of aryl methyl sites for hydroxylation is 1. The van der Waals surface area contributed by atoms with Crippen molar-refractivity contribution in [3.05, 3.63) is 16.5 Å². The van der Waals surface area contributed by atoms with E-state index in [0.29, 0.717) is 43.4 Å². The molecule has 0 aliphatic rings. The Labute approximate surface area is 118 Å². The number of rotatable bonds is 6. The molecule has 0 bridgehead atoms. The summed E-state index contributed by atoms with van der Waals surface area (Å²) in [7, 11) is 0. The number of nitriles is 1. The molecule has 0 saturated heterocycles. The number of anilines is 1. The van der Waals surface area contributed by atoms with Crippen LogP contribution in [0.15, 0.2) is 0 Å². The summed E-state index contributed by atoms with van der Waals surface area (Å²) in [6.07, 6.45) is 1.03. The lowest BCUT2D eigenvalue weighted by Gasteiger charge is -2.26. The van der Waals surface area contributed by atoms with Gasteiger partial charge in [0.05, 0.1) is 18.1 Å². The van der Waals surface area contributed by atoms with E-state index in [2.05, 4.69) is 29.9 Å². The Morgan fingerprint density at radius 1 is 1.47 bits per heavy atom. The highest BCUT2D eigenvalue weighted by Gasteiger charge is 2.18. The van der Waals surface area contributed by atoms with Crippen LogP contribution >= 0.6 is 11.6 Å². The number of hydrogen-bond donors (Lipinski definition) is 0. The van der Waals surface area contributed by atoms with Crippen molar-refractivity contribution in [2.75, 3.05) is 18.0 Å². The highest BCUT2D eigenvalue weighted by Crippen LogP contribution is 2.23. The smallest absolute Gasteiger partial charge is 0.156 e. The first kappa shape index (κ1) is 15.4. The normalized spacial score (nSPS) is 10.3. The van der Waals surface area contributed by atoms with Crippen LogP contribution in [-0.4, -0.2) is 29.3 Å². The minimum absolute atomic E-state index is 0.156. The molecule has 1 aromatic rings. The van der Waals surface area contributed by atoms with Crippen LogP contribution in [0, 0.1) is 24.2 Å². The molecule has 0 saturated carbocycles. The van der Waals surface area contributed by atoms with Gasteiger partial charge >= 0.3 is 0 Å². The first-order chi connectivity index (χ1) is 8.99. The fraction of sp³-hybridized carbons (Fsp3) is 0.538. The molecule has 0 atom stereocenters. The van der Waals surface area contributed by atoms with E-state index < -0.39 is 0 Å². The zero-order valence-corrected chi connectivity index (χ0v) is 12.1. The van der Waals surface area contributed by atoms with Gasteiger partial charge in [-0.2, -0.15) is 5.26 Å². The quantitative estimate of drug-likeness (QED) is 0.592. The molecule has 1 aromatic heterocycles. The van der Waals surface area contributed by atoms with Crippen molar-refractivity contribution in [2.24, 2.45) is 5.92 Å². The van der Waals surface area contributed by atoms with E-state index in [4.69, 9.17) is 16.9 Å². The number of aromatic nitrogens is 2. The minimum atomic E-state index is 0.156. The maximum absolute atomic E-state index is 11.2. The Morgan fingerprint density at radius 2 is 2.16 bits per heavy atom. The third-order valence-corrected chi connectivity index (χ3v) is 2.78. The molecular formula is C13H17ClN4O. The molecule has 0 aliphatic carbocycles. The van der Waals surface area contributed by atoms with E-state index in [-0.39, 0.29) is 10.7 Å². The van der Waals surface area contributed by atoms with Gasteiger partial charge in [0.15, 0.2) is 6.29 Å². The summed E-state index contributed by atoms with van der Waals surface area (Å²) in [4.78, 5) is 21.4. The van der Waals surface area contributed by atoms with E-state index >= 15 is 0 Å². The Kier molecular flexibility index (Phi) is 5.71. The molecule has 0 fully saturated rings. The van der Waals surface area contributed by atoms with Crippen LogP contribution in [0.25, 0.3) is 0 Å². The van der Waals surface area contributed by atoms with Gasteiger partial charge in [-0.3, -0.25) is 4.79 Å². The lowest BCUT2D eigenvalue weighted by molar-refractivity contribution is 0.112. The number of carbonyl (C=O) groups is 1. The Balaban J connectivity index is 3.20. The van der Waals surface area contributed by atoms with E-state index in [1.54, 1.807) is 6.92 Å². The van der Waals surface area contributed by atoms with Gasteiger partial charge in [-0.25, -0.2) is 9.97 Å². The maximum atomic E-state index is 11.2. The van der Waals surface area contributed by atoms with Gasteiger partial charge in [-0.15, -0.1) is 0 Å². The van der Waals surface area contributed by atoms with Crippen molar-refractivity contribution in [3.8, 4) is 6.07 Å². The highest BCUT2D eigenvalue weighted by molar-refractivity contribution is 6.32. The first-order valence-electron chi connectivity index (χ1n) is 6.10. The molecule has 0 unspecified atom stereocenters. The summed E-state index contributed by atoms with van der Waals surface area (Å²) in [6, 6.07) is 2.10. The SMILES string of the molecule is Cc1nc(Cl)c(C=O)c(N(CCC#N)CC(C)C)n1. The number of halogens is 1. The highest BCUT2D eigenvalue weighted by atomic mass is 35.5. The van der Waals surface area contributed by atoms with E-state index in [1.807, 2.05) is 4.90 Å². The van der Waals surface area contributed by atoms with Gasteiger partial charge in [0.2, 0.25) is 0 Å². The fourth-order valence-electron chi connectivity index (χ4n) is 1.78. The molecule has 0 radical (unpaired) electrons. The zero-order valence-electron chi connectivity index (χ0n) is 11.4. The fourth-order valence-corrected chi connectivity index (χ4v) is 2.04. The largest absolute Gasteiger partial charge is 0.355 e. The van der Waals surface area contributed by atoms with Crippen LogP contribution in [0.2, 0.25) is 5.15 Å². The van der Waals surface area contributed by atoms with Gasteiger partial charge in [0.25, 0.3) is 0 Å². The Morgan fingerprint density at radius 3 is 2.68 bits per heavy atom. The second-order valence-electron chi connectivity index (χ2n) is 4.66. The third-order valence-electron chi connectivity index (χ3n) is 2.49. The molecule has 0 spiro atoms. The second-order valence-corrected chi connectivity index (χ2v) is 5.02. The Bertz CT molecular complexity index is 496. The standard InChI is InChI=1S/C13H17ClN4O/c1-9(2)7-18(6-4-5-15)13-11(8-19)12(14)16-10(3)17-13/h8-9H,4,6-7H2,1-3H3. The zero-order chi connectivity index (χ0) is 14.4. The van der Waals surface area contributed by atoms with Crippen LogP contribution in [0.4, 0.5) is 5.82 Å². The lowest BCUT2D eigenvalue weighted by Crippen LogP contribution is -2.30. The van der Waals surface area contributed by atoms with Gasteiger partial charge in [-0.05, 0) is 12.8 Å². The van der Waals surface area contributed by atoms with Crippen molar-refractivity contribution >= 4 is 23.7 Å². The van der Waals surface area contributed by atoms with Gasteiger partial charge in [-0.1, -0.05) is 25.4 Å². The predicted molar refractivity (Wildman–Crippen MR) is 74.4 cm³/mol. The maximum Gasteiger partial charge on any atom is 0.156 e. The van der Waals surface area contributed by atoms with Crippen molar-refractivity contribution in [2.45, 2.75) is 27.2 Å². The molecule has 6 heteroatoms. The molecule has 0 amide bonds. The van der Waals surface area contributed by atoms with Crippen molar-refractivity contribution in [3.63, 3.8) is 0 Å². The van der Waals surface area contributed by atoms with Gasteiger partial charge in [0.1, 0.15) is 16.8 Å². The summed E-state index contributed by atoms with van der Waals surface area (Å²) < 4.78 is 0. The summed E-state index contributed by atoms with van der Waals surface area (Å²) in [6.45, 7) is 7.07. The summed E-state index contributed by atoms with van der Waals surface area (Å²) in [5.41, 5.74) is 0.283. The average molecular weight is 281 g/mol. The first-order valence-corrected chi connectivity index (χ1v) is 6.48. The minimum Gasteiger partial charge on any atom is -0.355 e. The van der Waals surface area contributed by atoms with Crippen LogP contribution < -0.4 is 4.90 Å². The van der Waals surface area contributed by atoms with Crippen LogP contribution in [0.5, 0.6) is 0 Å². The monoisotopic (exact) mass is 280 g/mol. The van der Waals surface area contributed by atoms with E-state index in [1.165, 1.54) is 0 Å². The third kappa shape index (κ3) is 4.18. The molecule has 19 heavy (non-hydrogen) atoms. The predicted octanol–water partition coefficient (Wildman–Crippen LogP) is 2.63. The Hall–Kier alpha value is -1.67. The van der Waals surface area contributed by atoms with Crippen LogP contribution in [0.3, 0.4) is 0 Å². The number of aldehydes is 1. The lowest BCUT2D eigenvalue weighted by atomic mass is 10.2. The average Bonchev–Trinajstić information content (AvgIpc) is 2.33.